The van der Waals surface area contributed by atoms with Gasteiger partial charge < -0.3 is 9.47 Å². The van der Waals surface area contributed by atoms with Crippen molar-refractivity contribution < 1.29 is 36.6 Å². The van der Waals surface area contributed by atoms with E-state index in [-0.39, 0.29) is 0 Å². The summed E-state index contributed by atoms with van der Waals surface area (Å²) in [5.74, 6) is -11.3. The molecule has 0 saturated carbocycles. The monoisotopic (exact) mass is 256 g/mol. The molecule has 0 aromatic rings. The number of alkyl halides is 4. The van der Waals surface area contributed by atoms with Gasteiger partial charge in [0.05, 0.1) is 13.0 Å². The molecule has 0 saturated heterocycles. The summed E-state index contributed by atoms with van der Waals surface area (Å²) < 4.78 is 59.9. The van der Waals surface area contributed by atoms with Crippen LogP contribution in [0.5, 0.6) is 0 Å². The Balaban J connectivity index is 2.86. The Morgan fingerprint density at radius 3 is 2.06 bits per heavy atom. The Labute approximate surface area is 93.2 Å². The number of rotatable bonds is 0. The van der Waals surface area contributed by atoms with E-state index in [9.17, 15) is 27.2 Å². The van der Waals surface area contributed by atoms with Gasteiger partial charge in [-0.05, 0) is 0 Å². The van der Waals surface area contributed by atoms with Crippen molar-refractivity contribution >= 4 is 11.9 Å². The Bertz CT molecular complexity index is 351. The number of hydrogen-bond acceptors (Lipinski definition) is 4. The molecule has 0 aromatic carbocycles. The molecule has 8 heteroatoms. The number of esters is 2. The lowest BCUT2D eigenvalue weighted by Gasteiger charge is -2.25. The van der Waals surface area contributed by atoms with E-state index in [1.807, 2.05) is 0 Å². The Morgan fingerprint density at radius 2 is 1.47 bits per heavy atom. The maximum atomic E-state index is 13.0. The normalized spacial score (nSPS) is 24.5. The van der Waals surface area contributed by atoms with Crippen LogP contribution in [0.15, 0.2) is 12.2 Å². The van der Waals surface area contributed by atoms with Crippen LogP contribution < -0.4 is 0 Å². The average Bonchev–Trinajstić information content (AvgIpc) is 2.23. The molecule has 1 heterocycles. The van der Waals surface area contributed by atoms with Gasteiger partial charge in [-0.15, -0.1) is 0 Å². The summed E-state index contributed by atoms with van der Waals surface area (Å²) in [7, 11) is 0. The topological polar surface area (TPSA) is 52.6 Å². The number of halogens is 4. The first-order valence-corrected chi connectivity index (χ1v) is 4.52. The zero-order valence-electron chi connectivity index (χ0n) is 8.42. The van der Waals surface area contributed by atoms with Gasteiger partial charge in [-0.25, -0.2) is 9.59 Å². The van der Waals surface area contributed by atoms with Crippen LogP contribution in [0.4, 0.5) is 17.6 Å². The SMILES string of the molecule is O=C1C=CC(=O)OCC(F)(F)C(F)(F)CCO1. The molecule has 0 unspecified atom stereocenters. The standard InChI is InChI=1S/C9H8F4O4/c10-8(11)3-4-16-6(14)1-2-7(15)17-5-9(8,12)13/h1-2H,3-5H2. The fraction of sp³-hybridized carbons (Fsp3) is 0.556. The summed E-state index contributed by atoms with van der Waals surface area (Å²) >= 11 is 0. The van der Waals surface area contributed by atoms with Crippen molar-refractivity contribution in [3.8, 4) is 0 Å². The highest BCUT2D eigenvalue weighted by Crippen LogP contribution is 2.37. The lowest BCUT2D eigenvalue weighted by molar-refractivity contribution is -0.235. The molecule has 96 valence electrons. The van der Waals surface area contributed by atoms with Crippen molar-refractivity contribution in [1.29, 1.82) is 0 Å². The van der Waals surface area contributed by atoms with Gasteiger partial charge in [-0.2, -0.15) is 17.6 Å². The Kier molecular flexibility index (Phi) is 3.74. The first-order valence-electron chi connectivity index (χ1n) is 4.52. The number of cyclic esters (lactones) is 2. The summed E-state index contributed by atoms with van der Waals surface area (Å²) in [6, 6.07) is 0. The van der Waals surface area contributed by atoms with Crippen LogP contribution in [0.2, 0.25) is 0 Å². The van der Waals surface area contributed by atoms with E-state index in [0.29, 0.717) is 12.2 Å². The molecular formula is C9H8F4O4. The molecule has 0 N–H and O–H groups in total. The van der Waals surface area contributed by atoms with Crippen molar-refractivity contribution in [1.82, 2.24) is 0 Å². The van der Waals surface area contributed by atoms with Crippen LogP contribution in [0.25, 0.3) is 0 Å². The molecule has 4 nitrogen and oxygen atoms in total. The van der Waals surface area contributed by atoms with Crippen LogP contribution >= 0.6 is 0 Å². The highest BCUT2D eigenvalue weighted by Gasteiger charge is 2.56. The van der Waals surface area contributed by atoms with E-state index >= 15 is 0 Å². The van der Waals surface area contributed by atoms with Crippen molar-refractivity contribution in [3.63, 3.8) is 0 Å². The minimum Gasteiger partial charge on any atom is -0.462 e. The second-order valence-electron chi connectivity index (χ2n) is 3.27. The third kappa shape index (κ3) is 3.43. The lowest BCUT2D eigenvalue weighted by atomic mass is 10.1. The van der Waals surface area contributed by atoms with E-state index in [2.05, 4.69) is 9.47 Å². The van der Waals surface area contributed by atoms with Crippen molar-refractivity contribution in [2.24, 2.45) is 0 Å². The molecule has 1 aliphatic rings. The molecule has 17 heavy (non-hydrogen) atoms. The zero-order chi connectivity index (χ0) is 13.1. The average molecular weight is 256 g/mol. The molecule has 0 aliphatic carbocycles. The molecule has 0 radical (unpaired) electrons. The fourth-order valence-electron chi connectivity index (χ4n) is 0.962. The molecule has 0 bridgehead atoms. The first kappa shape index (κ1) is 13.5. The molecule has 0 spiro atoms. The number of carbonyl (C=O) groups is 2. The number of ether oxygens (including phenoxy) is 2. The van der Waals surface area contributed by atoms with Crippen molar-refractivity contribution in [3.05, 3.63) is 12.2 Å². The summed E-state index contributed by atoms with van der Waals surface area (Å²) in [4.78, 5) is 21.5. The molecule has 0 aromatic heterocycles. The van der Waals surface area contributed by atoms with Gasteiger partial charge in [-0.1, -0.05) is 0 Å². The smallest absolute Gasteiger partial charge is 0.343 e. The predicted molar refractivity (Wildman–Crippen MR) is 45.6 cm³/mol. The molecular weight excluding hydrogens is 248 g/mol. The molecule has 1 aliphatic heterocycles. The highest BCUT2D eigenvalue weighted by atomic mass is 19.3. The van der Waals surface area contributed by atoms with E-state index in [4.69, 9.17) is 0 Å². The van der Waals surface area contributed by atoms with Crippen LogP contribution in [0.1, 0.15) is 6.42 Å². The largest absolute Gasteiger partial charge is 0.462 e. The summed E-state index contributed by atoms with van der Waals surface area (Å²) in [6.07, 6.45) is -0.205. The Hall–Kier alpha value is -1.60. The third-order valence-electron chi connectivity index (χ3n) is 1.95. The quantitative estimate of drug-likeness (QED) is 0.484. The van der Waals surface area contributed by atoms with Crippen molar-refractivity contribution in [2.45, 2.75) is 18.3 Å². The van der Waals surface area contributed by atoms with Crippen LogP contribution in [-0.4, -0.2) is 37.0 Å². The van der Waals surface area contributed by atoms with E-state index < -0.39 is 43.4 Å². The molecule has 1 rings (SSSR count). The second kappa shape index (κ2) is 4.72. The molecule has 0 atom stereocenters. The molecule has 0 amide bonds. The maximum absolute atomic E-state index is 13.0. The van der Waals surface area contributed by atoms with Gasteiger partial charge in [0.1, 0.15) is 0 Å². The van der Waals surface area contributed by atoms with Gasteiger partial charge in [0.2, 0.25) is 0 Å². The summed E-state index contributed by atoms with van der Waals surface area (Å²) in [5, 5.41) is 0. The maximum Gasteiger partial charge on any atom is 0.343 e. The number of carbonyl (C=O) groups excluding carboxylic acids is 2. The minimum absolute atomic E-state index is 0.530. The molecule has 0 fully saturated rings. The minimum atomic E-state index is -4.51. The second-order valence-corrected chi connectivity index (χ2v) is 3.27. The van der Waals surface area contributed by atoms with E-state index in [1.54, 1.807) is 0 Å². The Morgan fingerprint density at radius 1 is 0.941 bits per heavy atom. The van der Waals surface area contributed by atoms with Crippen LogP contribution in [0.3, 0.4) is 0 Å². The zero-order valence-corrected chi connectivity index (χ0v) is 8.42. The van der Waals surface area contributed by atoms with E-state index in [1.165, 1.54) is 0 Å². The van der Waals surface area contributed by atoms with Gasteiger partial charge in [0.15, 0.2) is 6.61 Å². The van der Waals surface area contributed by atoms with Gasteiger partial charge >= 0.3 is 23.8 Å². The van der Waals surface area contributed by atoms with E-state index in [0.717, 1.165) is 0 Å². The first-order chi connectivity index (χ1) is 7.74. The van der Waals surface area contributed by atoms with Crippen LogP contribution in [0, 0.1) is 0 Å². The van der Waals surface area contributed by atoms with Gasteiger partial charge in [-0.3, -0.25) is 0 Å². The van der Waals surface area contributed by atoms with Crippen molar-refractivity contribution in [2.75, 3.05) is 13.2 Å². The third-order valence-corrected chi connectivity index (χ3v) is 1.95. The lowest BCUT2D eigenvalue weighted by Crippen LogP contribution is -2.45. The van der Waals surface area contributed by atoms with Gasteiger partial charge in [0, 0.05) is 12.2 Å². The highest BCUT2D eigenvalue weighted by molar-refractivity contribution is 5.91. The predicted octanol–water partition coefficient (Wildman–Crippen LogP) is 1.30. The summed E-state index contributed by atoms with van der Waals surface area (Å²) in [6.45, 7) is -2.63. The van der Waals surface area contributed by atoms with Crippen LogP contribution in [-0.2, 0) is 19.1 Å². The van der Waals surface area contributed by atoms with Gasteiger partial charge in [0.25, 0.3) is 0 Å². The number of hydrogen-bond donors (Lipinski definition) is 0. The fourth-order valence-corrected chi connectivity index (χ4v) is 0.962. The summed E-state index contributed by atoms with van der Waals surface area (Å²) in [5.41, 5.74) is 0.